The molecule has 0 saturated heterocycles. The number of nitrogens with one attached hydrogen (secondary N) is 1. The lowest BCUT2D eigenvalue weighted by molar-refractivity contribution is 1.20. The van der Waals surface area contributed by atoms with Crippen LogP contribution in [-0.2, 0) is 0 Å². The van der Waals surface area contributed by atoms with Gasteiger partial charge in [0.15, 0.2) is 10.8 Å². The standard InChI is InChI=1S/C12H8N6S/c13-12-17-7-2-1-6(3-9(7)19-12)10-16-8-4-14-5-15-11(8)18-10/h1-5H,(H2,13,17)(H,14,15,16,18). The second-order valence-corrected chi connectivity index (χ2v) is 5.14. The maximum absolute atomic E-state index is 5.71. The molecule has 7 heteroatoms. The first kappa shape index (κ1) is 10.4. The van der Waals surface area contributed by atoms with Crippen molar-refractivity contribution in [3.05, 3.63) is 30.7 Å². The fourth-order valence-electron chi connectivity index (χ4n) is 1.99. The van der Waals surface area contributed by atoms with Gasteiger partial charge in [-0.2, -0.15) is 0 Å². The Morgan fingerprint density at radius 3 is 3.05 bits per heavy atom. The largest absolute Gasteiger partial charge is 0.375 e. The number of H-pyrrole nitrogens is 1. The molecule has 0 unspecified atom stereocenters. The predicted octanol–water partition coefficient (Wildman–Crippen LogP) is 2.21. The smallest absolute Gasteiger partial charge is 0.181 e. The third-order valence-corrected chi connectivity index (χ3v) is 3.69. The van der Waals surface area contributed by atoms with Crippen LogP contribution in [0.2, 0.25) is 0 Å². The third-order valence-electron chi connectivity index (χ3n) is 2.84. The number of thiazole rings is 1. The number of hydrogen-bond acceptors (Lipinski definition) is 6. The fraction of sp³-hybridized carbons (Fsp3) is 0. The molecule has 0 saturated carbocycles. The van der Waals surface area contributed by atoms with Crippen LogP contribution in [0.4, 0.5) is 5.13 Å². The second kappa shape index (κ2) is 3.72. The number of rotatable bonds is 1. The summed E-state index contributed by atoms with van der Waals surface area (Å²) in [5, 5.41) is 0.572. The molecule has 3 aromatic heterocycles. The first-order valence-corrected chi connectivity index (χ1v) is 6.43. The summed E-state index contributed by atoms with van der Waals surface area (Å²) in [6.45, 7) is 0. The Morgan fingerprint density at radius 2 is 2.16 bits per heavy atom. The van der Waals surface area contributed by atoms with E-state index in [1.165, 1.54) is 17.7 Å². The second-order valence-electron chi connectivity index (χ2n) is 4.08. The van der Waals surface area contributed by atoms with Crippen molar-refractivity contribution < 1.29 is 0 Å². The van der Waals surface area contributed by atoms with Crippen molar-refractivity contribution in [2.45, 2.75) is 0 Å². The molecular formula is C12H8N6S. The number of nitrogen functional groups attached to an aromatic ring is 1. The molecule has 19 heavy (non-hydrogen) atoms. The molecule has 4 aromatic rings. The molecule has 0 aliphatic rings. The van der Waals surface area contributed by atoms with E-state index in [9.17, 15) is 0 Å². The lowest BCUT2D eigenvalue weighted by Gasteiger charge is -1.95. The Kier molecular flexibility index (Phi) is 2.04. The first-order chi connectivity index (χ1) is 9.29. The van der Waals surface area contributed by atoms with Crippen LogP contribution in [-0.4, -0.2) is 24.9 Å². The van der Waals surface area contributed by atoms with E-state index >= 15 is 0 Å². The van der Waals surface area contributed by atoms with Gasteiger partial charge >= 0.3 is 0 Å². The van der Waals surface area contributed by atoms with Crippen LogP contribution in [0.15, 0.2) is 30.7 Å². The van der Waals surface area contributed by atoms with Gasteiger partial charge in [0.1, 0.15) is 17.7 Å². The summed E-state index contributed by atoms with van der Waals surface area (Å²) in [6.07, 6.45) is 3.20. The Balaban J connectivity index is 1.92. The maximum atomic E-state index is 5.71. The minimum Gasteiger partial charge on any atom is -0.375 e. The van der Waals surface area contributed by atoms with E-state index in [1.807, 2.05) is 18.2 Å². The number of imidazole rings is 1. The molecule has 0 atom stereocenters. The summed E-state index contributed by atoms with van der Waals surface area (Å²) >= 11 is 1.46. The first-order valence-electron chi connectivity index (χ1n) is 5.62. The van der Waals surface area contributed by atoms with Gasteiger partial charge in [-0.15, -0.1) is 0 Å². The van der Waals surface area contributed by atoms with Gasteiger partial charge in [0, 0.05) is 5.56 Å². The normalized spacial score (nSPS) is 11.4. The van der Waals surface area contributed by atoms with E-state index in [0.29, 0.717) is 10.8 Å². The van der Waals surface area contributed by atoms with Crippen LogP contribution in [0.5, 0.6) is 0 Å². The predicted molar refractivity (Wildman–Crippen MR) is 74.7 cm³/mol. The molecule has 0 aliphatic carbocycles. The fourth-order valence-corrected chi connectivity index (χ4v) is 2.76. The molecule has 4 rings (SSSR count). The zero-order valence-corrected chi connectivity index (χ0v) is 10.5. The highest BCUT2D eigenvalue weighted by Gasteiger charge is 2.08. The van der Waals surface area contributed by atoms with Gasteiger partial charge < -0.3 is 10.7 Å². The average Bonchev–Trinajstić information content (AvgIpc) is 2.99. The van der Waals surface area contributed by atoms with E-state index in [4.69, 9.17) is 5.73 Å². The van der Waals surface area contributed by atoms with Crippen LogP contribution < -0.4 is 5.73 Å². The number of nitrogens with zero attached hydrogens (tertiary/aromatic N) is 4. The van der Waals surface area contributed by atoms with Crippen molar-refractivity contribution in [1.29, 1.82) is 0 Å². The maximum Gasteiger partial charge on any atom is 0.181 e. The molecule has 0 bridgehead atoms. The quantitative estimate of drug-likeness (QED) is 0.552. The van der Waals surface area contributed by atoms with Gasteiger partial charge in [-0.1, -0.05) is 11.3 Å². The van der Waals surface area contributed by atoms with Gasteiger partial charge in [-0.25, -0.2) is 19.9 Å². The molecule has 3 heterocycles. The minimum absolute atomic E-state index is 0.572. The summed E-state index contributed by atoms with van der Waals surface area (Å²) in [4.78, 5) is 20.0. The third kappa shape index (κ3) is 1.63. The van der Waals surface area contributed by atoms with Gasteiger partial charge in [-0.3, -0.25) is 0 Å². The van der Waals surface area contributed by atoms with Crippen molar-refractivity contribution in [2.24, 2.45) is 0 Å². The van der Waals surface area contributed by atoms with Crippen LogP contribution in [0, 0.1) is 0 Å². The van der Waals surface area contributed by atoms with Crippen molar-refractivity contribution in [3.8, 4) is 11.4 Å². The molecule has 0 radical (unpaired) electrons. The molecule has 0 aliphatic heterocycles. The lowest BCUT2D eigenvalue weighted by Crippen LogP contribution is -1.80. The number of hydrogen-bond donors (Lipinski definition) is 2. The average molecular weight is 268 g/mol. The highest BCUT2D eigenvalue weighted by Crippen LogP contribution is 2.28. The van der Waals surface area contributed by atoms with Crippen molar-refractivity contribution in [2.75, 3.05) is 5.73 Å². The molecule has 3 N–H and O–H groups in total. The Hall–Kier alpha value is -2.54. The monoisotopic (exact) mass is 268 g/mol. The van der Waals surface area contributed by atoms with Crippen molar-refractivity contribution in [1.82, 2.24) is 24.9 Å². The summed E-state index contributed by atoms with van der Waals surface area (Å²) in [5.74, 6) is 0.768. The topological polar surface area (TPSA) is 93.4 Å². The number of aromatic nitrogens is 5. The SMILES string of the molecule is Nc1nc2ccc(-c3nc4ncncc4[nH]3)cc2s1. The minimum atomic E-state index is 0.572. The molecule has 0 fully saturated rings. The van der Waals surface area contributed by atoms with Crippen LogP contribution in [0.1, 0.15) is 0 Å². The van der Waals surface area contributed by atoms with E-state index in [-0.39, 0.29) is 0 Å². The van der Waals surface area contributed by atoms with Gasteiger partial charge in [0.2, 0.25) is 0 Å². The number of fused-ring (bicyclic) bond motifs is 2. The molecule has 1 aromatic carbocycles. The highest BCUT2D eigenvalue weighted by molar-refractivity contribution is 7.22. The molecule has 0 spiro atoms. The van der Waals surface area contributed by atoms with Crippen LogP contribution >= 0.6 is 11.3 Å². The number of aromatic amines is 1. The van der Waals surface area contributed by atoms with Crippen LogP contribution in [0.3, 0.4) is 0 Å². The molecule has 6 nitrogen and oxygen atoms in total. The lowest BCUT2D eigenvalue weighted by atomic mass is 10.2. The summed E-state index contributed by atoms with van der Waals surface area (Å²) < 4.78 is 1.04. The van der Waals surface area contributed by atoms with E-state index in [0.717, 1.165) is 27.1 Å². The molecular weight excluding hydrogens is 260 g/mol. The van der Waals surface area contributed by atoms with Gasteiger partial charge in [-0.05, 0) is 18.2 Å². The van der Waals surface area contributed by atoms with Gasteiger partial charge in [0.05, 0.1) is 16.4 Å². The summed E-state index contributed by atoms with van der Waals surface area (Å²) in [5.41, 5.74) is 9.07. The molecule has 0 amide bonds. The summed E-state index contributed by atoms with van der Waals surface area (Å²) in [7, 11) is 0. The van der Waals surface area contributed by atoms with Gasteiger partial charge in [0.25, 0.3) is 0 Å². The van der Waals surface area contributed by atoms with E-state index in [1.54, 1.807) is 6.20 Å². The number of nitrogens with two attached hydrogens (primary N) is 1. The number of benzene rings is 1. The zero-order chi connectivity index (χ0) is 12.8. The molecule has 92 valence electrons. The van der Waals surface area contributed by atoms with E-state index in [2.05, 4.69) is 24.9 Å². The zero-order valence-electron chi connectivity index (χ0n) is 9.66. The van der Waals surface area contributed by atoms with Crippen molar-refractivity contribution in [3.63, 3.8) is 0 Å². The van der Waals surface area contributed by atoms with Crippen LogP contribution in [0.25, 0.3) is 32.8 Å². The van der Waals surface area contributed by atoms with E-state index < -0.39 is 0 Å². The Labute approximate surface area is 111 Å². The number of anilines is 1. The Bertz CT molecular complexity index is 860. The van der Waals surface area contributed by atoms with Crippen molar-refractivity contribution >= 4 is 37.8 Å². The summed E-state index contributed by atoms with van der Waals surface area (Å²) in [6, 6.07) is 5.93. The Morgan fingerprint density at radius 1 is 1.21 bits per heavy atom. The highest BCUT2D eigenvalue weighted by atomic mass is 32.1.